The first kappa shape index (κ1) is 24.1. The van der Waals surface area contributed by atoms with E-state index in [1.807, 2.05) is 82.3 Å². The smallest absolute Gasteiger partial charge is 0.262 e. The summed E-state index contributed by atoms with van der Waals surface area (Å²) in [5, 5.41) is 3.07. The van der Waals surface area contributed by atoms with Crippen molar-refractivity contribution < 1.29 is 14.4 Å². The largest absolute Gasteiger partial charge is 0.349 e. The molecule has 1 aliphatic heterocycles. The molecule has 2 aliphatic rings. The van der Waals surface area contributed by atoms with E-state index in [9.17, 15) is 14.4 Å². The van der Waals surface area contributed by atoms with Crippen molar-refractivity contribution in [2.45, 2.75) is 44.8 Å². The normalized spacial score (nSPS) is 18.1. The van der Waals surface area contributed by atoms with Gasteiger partial charge in [-0.3, -0.25) is 14.4 Å². The van der Waals surface area contributed by atoms with Gasteiger partial charge in [0, 0.05) is 11.1 Å². The van der Waals surface area contributed by atoms with Gasteiger partial charge in [-0.05, 0) is 91.3 Å². The quantitative estimate of drug-likeness (QED) is 0.526. The molecule has 0 aromatic heterocycles. The molecule has 0 fully saturated rings. The van der Waals surface area contributed by atoms with Gasteiger partial charge in [0.2, 0.25) is 5.91 Å². The van der Waals surface area contributed by atoms with Crippen molar-refractivity contribution in [2.75, 3.05) is 0 Å². The van der Waals surface area contributed by atoms with Gasteiger partial charge in [-0.15, -0.1) is 0 Å². The van der Waals surface area contributed by atoms with Gasteiger partial charge in [-0.2, -0.15) is 0 Å². The molecule has 4 rings (SSSR count). The number of benzene rings is 2. The van der Waals surface area contributed by atoms with Crippen LogP contribution in [-0.2, 0) is 14.4 Å². The second kappa shape index (κ2) is 8.98. The van der Waals surface area contributed by atoms with Crippen LogP contribution in [0.4, 0.5) is 0 Å². The van der Waals surface area contributed by atoms with Crippen LogP contribution in [-0.4, -0.2) is 33.6 Å². The predicted molar refractivity (Wildman–Crippen MR) is 142 cm³/mol. The first-order chi connectivity index (χ1) is 16.0. The molecule has 174 valence electrons. The fraction of sp³-hybridized carbons (Fsp3) is 0.250. The summed E-state index contributed by atoms with van der Waals surface area (Å²) in [6.07, 6.45) is 6.46. The van der Waals surface area contributed by atoms with Gasteiger partial charge >= 0.3 is 0 Å². The van der Waals surface area contributed by atoms with Crippen LogP contribution in [0.2, 0.25) is 0 Å². The number of hydrogen-bond acceptors (Lipinski definition) is 3. The number of nitrogens with one attached hydrogen (secondary N) is 1. The number of carbonyl (C=O) groups excluding carboxylic acids is 3. The van der Waals surface area contributed by atoms with E-state index in [4.69, 9.17) is 0 Å². The highest BCUT2D eigenvalue weighted by molar-refractivity contribution is 14.1. The number of halogens is 1. The second-order valence-electron chi connectivity index (χ2n) is 9.62. The molecule has 1 aliphatic carbocycles. The lowest BCUT2D eigenvalue weighted by Crippen LogP contribution is -2.55. The lowest BCUT2D eigenvalue weighted by atomic mass is 9.81. The number of rotatable bonds is 4. The molecule has 1 unspecified atom stereocenters. The van der Waals surface area contributed by atoms with E-state index in [1.165, 1.54) is 12.2 Å². The molecule has 0 radical (unpaired) electrons. The first-order valence-electron chi connectivity index (χ1n) is 11.1. The van der Waals surface area contributed by atoms with Crippen molar-refractivity contribution in [1.82, 2.24) is 10.2 Å². The number of nitrogens with zero attached hydrogens (tertiary/aromatic N) is 1. The van der Waals surface area contributed by atoms with Gasteiger partial charge in [0.15, 0.2) is 5.78 Å². The monoisotopic (exact) mass is 566 g/mol. The molecule has 0 saturated carbocycles. The van der Waals surface area contributed by atoms with Crippen LogP contribution in [0.15, 0.2) is 82.5 Å². The molecule has 2 aromatic carbocycles. The van der Waals surface area contributed by atoms with E-state index in [0.717, 1.165) is 22.3 Å². The maximum absolute atomic E-state index is 14.0. The lowest BCUT2D eigenvalue weighted by molar-refractivity contribution is -0.139. The molecule has 0 saturated heterocycles. The van der Waals surface area contributed by atoms with Crippen LogP contribution < -0.4 is 5.32 Å². The Morgan fingerprint density at radius 1 is 0.971 bits per heavy atom. The zero-order chi connectivity index (χ0) is 24.7. The topological polar surface area (TPSA) is 66.5 Å². The SMILES string of the molecule is Cc1ccccc1C(C(=O)NC(C)(C)C)N1C(=O)C(I)=C(c2ccccc2)C12C=CC(=O)C=C2. The molecule has 6 heteroatoms. The summed E-state index contributed by atoms with van der Waals surface area (Å²) >= 11 is 2.07. The summed E-state index contributed by atoms with van der Waals surface area (Å²) in [6, 6.07) is 16.4. The van der Waals surface area contributed by atoms with Crippen LogP contribution in [0, 0.1) is 6.92 Å². The van der Waals surface area contributed by atoms with E-state index in [2.05, 4.69) is 27.9 Å². The molecular formula is C28H27IN2O3. The molecule has 2 aromatic rings. The fourth-order valence-electron chi connectivity index (χ4n) is 4.56. The molecule has 1 atom stereocenters. The summed E-state index contributed by atoms with van der Waals surface area (Å²) in [6.45, 7) is 7.68. The highest BCUT2D eigenvalue weighted by Gasteiger charge is 2.54. The molecule has 1 heterocycles. The van der Waals surface area contributed by atoms with Gasteiger partial charge in [0.05, 0.1) is 3.58 Å². The summed E-state index contributed by atoms with van der Waals surface area (Å²) in [4.78, 5) is 41.6. The zero-order valence-corrected chi connectivity index (χ0v) is 21.8. The van der Waals surface area contributed by atoms with Gasteiger partial charge in [-0.1, -0.05) is 54.6 Å². The predicted octanol–water partition coefficient (Wildman–Crippen LogP) is 5.07. The minimum absolute atomic E-state index is 0.154. The van der Waals surface area contributed by atoms with Gasteiger partial charge in [-0.25, -0.2) is 0 Å². The van der Waals surface area contributed by atoms with E-state index in [1.54, 1.807) is 17.1 Å². The standard InChI is InChI=1S/C28H27IN2O3/c1-18-10-8-9-13-21(18)24(25(33)30-27(2,3)4)31-26(34)23(29)22(19-11-6-5-7-12-19)28(31)16-14-20(32)15-17-28/h5-17,24H,1-4H3,(H,30,33). The lowest BCUT2D eigenvalue weighted by Gasteiger charge is -2.42. The molecule has 0 bridgehead atoms. The van der Waals surface area contributed by atoms with E-state index >= 15 is 0 Å². The van der Waals surface area contributed by atoms with E-state index in [0.29, 0.717) is 3.58 Å². The Hall–Kier alpha value is -3.00. The minimum atomic E-state index is -1.08. The molecule has 5 nitrogen and oxygen atoms in total. The Labute approximate surface area is 213 Å². The molecule has 34 heavy (non-hydrogen) atoms. The zero-order valence-electron chi connectivity index (χ0n) is 19.6. The van der Waals surface area contributed by atoms with Gasteiger partial charge in [0.1, 0.15) is 11.6 Å². The minimum Gasteiger partial charge on any atom is -0.349 e. The second-order valence-corrected chi connectivity index (χ2v) is 10.7. The molecule has 1 N–H and O–H groups in total. The highest BCUT2D eigenvalue weighted by Crippen LogP contribution is 2.51. The van der Waals surface area contributed by atoms with Crippen molar-refractivity contribution >= 4 is 45.8 Å². The Kier molecular flexibility index (Phi) is 6.38. The molecule has 2 amide bonds. The van der Waals surface area contributed by atoms with Crippen molar-refractivity contribution in [2.24, 2.45) is 0 Å². The molecule has 1 spiro atoms. The van der Waals surface area contributed by atoms with E-state index < -0.39 is 17.1 Å². The van der Waals surface area contributed by atoms with Gasteiger partial charge in [0.25, 0.3) is 5.91 Å². The fourth-order valence-corrected chi connectivity index (χ4v) is 5.56. The first-order valence-corrected chi connectivity index (χ1v) is 12.2. The summed E-state index contributed by atoms with van der Waals surface area (Å²) in [5.41, 5.74) is 1.71. The maximum Gasteiger partial charge on any atom is 0.262 e. The summed E-state index contributed by atoms with van der Waals surface area (Å²) in [7, 11) is 0. The molecular weight excluding hydrogens is 539 g/mol. The number of allylic oxidation sites excluding steroid dienone is 2. The number of ketones is 1. The van der Waals surface area contributed by atoms with Crippen LogP contribution in [0.3, 0.4) is 0 Å². The Morgan fingerprint density at radius 3 is 2.15 bits per heavy atom. The van der Waals surface area contributed by atoms with Crippen molar-refractivity contribution in [3.63, 3.8) is 0 Å². The average Bonchev–Trinajstić information content (AvgIpc) is 2.98. The van der Waals surface area contributed by atoms with Crippen molar-refractivity contribution in [3.8, 4) is 0 Å². The van der Waals surface area contributed by atoms with Crippen LogP contribution in [0.25, 0.3) is 5.57 Å². The van der Waals surface area contributed by atoms with Crippen molar-refractivity contribution in [3.05, 3.63) is 99.2 Å². The number of hydrogen-bond donors (Lipinski definition) is 1. The summed E-state index contributed by atoms with van der Waals surface area (Å²) in [5.74, 6) is -0.675. The Balaban J connectivity index is 1.97. The Morgan fingerprint density at radius 2 is 1.56 bits per heavy atom. The maximum atomic E-state index is 14.0. The van der Waals surface area contributed by atoms with Crippen LogP contribution in [0.1, 0.15) is 43.5 Å². The van der Waals surface area contributed by atoms with Gasteiger partial charge < -0.3 is 10.2 Å². The van der Waals surface area contributed by atoms with Crippen LogP contribution in [0.5, 0.6) is 0 Å². The third-order valence-corrected chi connectivity index (χ3v) is 6.98. The number of carbonyl (C=O) groups is 3. The average molecular weight is 566 g/mol. The highest BCUT2D eigenvalue weighted by atomic mass is 127. The van der Waals surface area contributed by atoms with Crippen molar-refractivity contribution in [1.29, 1.82) is 0 Å². The van der Waals surface area contributed by atoms with E-state index in [-0.39, 0.29) is 17.6 Å². The third-order valence-electron chi connectivity index (χ3n) is 5.98. The third kappa shape index (κ3) is 4.27. The number of aryl methyl sites for hydroxylation is 1. The summed E-state index contributed by atoms with van der Waals surface area (Å²) < 4.78 is 0.523. The number of amides is 2. The van der Waals surface area contributed by atoms with Crippen LogP contribution >= 0.6 is 22.6 Å². The Bertz CT molecular complexity index is 1240.